The van der Waals surface area contributed by atoms with Gasteiger partial charge in [0.1, 0.15) is 11.9 Å². The maximum Gasteiger partial charge on any atom is 0.339 e. The van der Waals surface area contributed by atoms with E-state index in [1.54, 1.807) is 6.07 Å². The number of nitrogens with one attached hydrogen (secondary N) is 1. The van der Waals surface area contributed by atoms with Crippen LogP contribution < -0.4 is 5.32 Å². The molecule has 1 N–H and O–H groups in total. The zero-order valence-corrected chi connectivity index (χ0v) is 17.9. The van der Waals surface area contributed by atoms with E-state index < -0.39 is 18.5 Å². The Morgan fingerprint density at radius 1 is 1.38 bits per heavy atom. The average Bonchev–Trinajstić information content (AvgIpc) is 3.36. The number of esters is 1. The Labute approximate surface area is 174 Å². The largest absolute Gasteiger partial charge is 0.452 e. The van der Waals surface area contributed by atoms with Gasteiger partial charge in [0.05, 0.1) is 23.8 Å². The summed E-state index contributed by atoms with van der Waals surface area (Å²) in [5.74, 6) is -0.572. The van der Waals surface area contributed by atoms with E-state index in [0.29, 0.717) is 23.5 Å². The first-order chi connectivity index (χ1) is 13.8. The number of aromatic nitrogens is 1. The van der Waals surface area contributed by atoms with Crippen molar-refractivity contribution in [2.24, 2.45) is 0 Å². The van der Waals surface area contributed by atoms with Gasteiger partial charge in [-0.1, -0.05) is 0 Å². The number of hydrogen-bond donors (Lipinski definition) is 1. The van der Waals surface area contributed by atoms with Crippen LogP contribution in [-0.2, 0) is 20.8 Å². The molecule has 0 aliphatic carbocycles. The van der Waals surface area contributed by atoms with Crippen LogP contribution in [0.15, 0.2) is 6.07 Å². The minimum atomic E-state index is -0.524. The molecule has 1 aliphatic rings. The van der Waals surface area contributed by atoms with Crippen molar-refractivity contribution in [1.82, 2.24) is 4.57 Å². The van der Waals surface area contributed by atoms with Crippen molar-refractivity contribution in [2.75, 3.05) is 18.5 Å². The average molecular weight is 416 g/mol. The fourth-order valence-electron chi connectivity index (χ4n) is 3.56. The van der Waals surface area contributed by atoms with Gasteiger partial charge in [0.25, 0.3) is 5.91 Å². The molecule has 0 spiro atoms. The van der Waals surface area contributed by atoms with Crippen LogP contribution in [0.1, 0.15) is 49.8 Å². The van der Waals surface area contributed by atoms with Gasteiger partial charge in [-0.25, -0.2) is 4.79 Å². The number of aryl methyl sites for hydroxylation is 2. The first-order valence-electron chi connectivity index (χ1n) is 9.57. The highest BCUT2D eigenvalue weighted by molar-refractivity contribution is 7.12. The molecule has 1 saturated heterocycles. The fourth-order valence-corrected chi connectivity index (χ4v) is 4.47. The van der Waals surface area contributed by atoms with Gasteiger partial charge in [0.15, 0.2) is 6.61 Å². The minimum absolute atomic E-state index is 0.0605. The number of rotatable bonds is 6. The van der Waals surface area contributed by atoms with Crippen LogP contribution in [0.5, 0.6) is 0 Å². The number of ether oxygens (including phenoxy) is 2. The number of amides is 1. The molecular weight excluding hydrogens is 390 g/mol. The highest BCUT2D eigenvalue weighted by Gasteiger charge is 2.24. The van der Waals surface area contributed by atoms with Crippen molar-refractivity contribution in [2.45, 2.75) is 53.2 Å². The molecule has 3 rings (SSSR count). The van der Waals surface area contributed by atoms with Crippen molar-refractivity contribution in [3.05, 3.63) is 38.2 Å². The second-order valence-electron chi connectivity index (χ2n) is 7.24. The molecule has 29 heavy (non-hydrogen) atoms. The SMILES string of the molecule is Cc1cc(C(=O)OCC(=O)Nc2c(C#N)c(C)c(C)n2C[C@H]2CCCO2)c(C)s1. The molecule has 2 aromatic heterocycles. The normalized spacial score (nSPS) is 15.9. The summed E-state index contributed by atoms with van der Waals surface area (Å²) in [6, 6.07) is 3.93. The van der Waals surface area contributed by atoms with Crippen LogP contribution in [0.2, 0.25) is 0 Å². The van der Waals surface area contributed by atoms with Gasteiger partial charge in [-0.3, -0.25) is 4.79 Å². The van der Waals surface area contributed by atoms with E-state index in [0.717, 1.165) is 40.5 Å². The molecule has 154 valence electrons. The molecule has 0 saturated carbocycles. The summed E-state index contributed by atoms with van der Waals surface area (Å²) in [6.07, 6.45) is 2.02. The van der Waals surface area contributed by atoms with Crippen LogP contribution in [0.4, 0.5) is 5.82 Å². The molecule has 8 heteroatoms. The number of carbonyl (C=O) groups excluding carboxylic acids is 2. The lowest BCUT2D eigenvalue weighted by atomic mass is 10.2. The predicted molar refractivity (Wildman–Crippen MR) is 110 cm³/mol. The number of anilines is 1. The number of carbonyl (C=O) groups is 2. The molecule has 7 nitrogen and oxygen atoms in total. The Kier molecular flexibility index (Phi) is 6.40. The predicted octanol–water partition coefficient (Wildman–Crippen LogP) is 3.63. The Hall–Kier alpha value is -2.63. The van der Waals surface area contributed by atoms with Gasteiger partial charge in [0.2, 0.25) is 0 Å². The third kappa shape index (κ3) is 4.52. The van der Waals surface area contributed by atoms with Crippen LogP contribution in [0, 0.1) is 39.0 Å². The number of nitriles is 1. The molecule has 2 aromatic rings. The van der Waals surface area contributed by atoms with E-state index in [9.17, 15) is 14.9 Å². The summed E-state index contributed by atoms with van der Waals surface area (Å²) in [5.41, 5.74) is 2.63. The van der Waals surface area contributed by atoms with Crippen LogP contribution in [0.25, 0.3) is 0 Å². The van der Waals surface area contributed by atoms with E-state index >= 15 is 0 Å². The lowest BCUT2D eigenvalue weighted by molar-refractivity contribution is -0.119. The highest BCUT2D eigenvalue weighted by Crippen LogP contribution is 2.28. The molecule has 3 heterocycles. The standard InChI is InChI=1S/C21H25N3O4S/c1-12-8-17(15(4)29-12)21(26)28-11-19(25)23-20-18(9-22)13(2)14(3)24(20)10-16-6-5-7-27-16/h8,16H,5-7,10-11H2,1-4H3,(H,23,25)/t16-/m1/s1. The van der Waals surface area contributed by atoms with Gasteiger partial charge in [-0.2, -0.15) is 5.26 Å². The second-order valence-corrected chi connectivity index (χ2v) is 8.70. The lowest BCUT2D eigenvalue weighted by Crippen LogP contribution is -2.25. The summed E-state index contributed by atoms with van der Waals surface area (Å²) in [7, 11) is 0. The molecule has 0 unspecified atom stereocenters. The maximum absolute atomic E-state index is 12.5. The summed E-state index contributed by atoms with van der Waals surface area (Å²) < 4.78 is 12.8. The van der Waals surface area contributed by atoms with Crippen LogP contribution >= 0.6 is 11.3 Å². The first kappa shape index (κ1) is 21.1. The van der Waals surface area contributed by atoms with E-state index in [2.05, 4.69) is 11.4 Å². The Balaban J connectivity index is 1.72. The van der Waals surface area contributed by atoms with Crippen molar-refractivity contribution in [3.63, 3.8) is 0 Å². The smallest absolute Gasteiger partial charge is 0.339 e. The number of nitrogens with zero attached hydrogens (tertiary/aromatic N) is 2. The zero-order chi connectivity index (χ0) is 21.1. The molecule has 1 atom stereocenters. The number of hydrogen-bond acceptors (Lipinski definition) is 6. The number of thiophene rings is 1. The maximum atomic E-state index is 12.5. The van der Waals surface area contributed by atoms with Gasteiger partial charge < -0.3 is 19.4 Å². The lowest BCUT2D eigenvalue weighted by Gasteiger charge is -2.16. The zero-order valence-electron chi connectivity index (χ0n) is 17.1. The Morgan fingerprint density at radius 2 is 2.14 bits per heavy atom. The van der Waals surface area contributed by atoms with Gasteiger partial charge in [0, 0.05) is 22.1 Å². The Morgan fingerprint density at radius 3 is 2.72 bits per heavy atom. The van der Waals surface area contributed by atoms with Crippen molar-refractivity contribution in [1.29, 1.82) is 5.26 Å². The highest BCUT2D eigenvalue weighted by atomic mass is 32.1. The van der Waals surface area contributed by atoms with Gasteiger partial charge >= 0.3 is 5.97 Å². The molecule has 1 fully saturated rings. The van der Waals surface area contributed by atoms with E-state index in [-0.39, 0.29) is 6.10 Å². The first-order valence-corrected chi connectivity index (χ1v) is 10.4. The summed E-state index contributed by atoms with van der Waals surface area (Å²) >= 11 is 1.51. The molecule has 0 bridgehead atoms. The fraction of sp³-hybridized carbons (Fsp3) is 0.476. The van der Waals surface area contributed by atoms with Crippen LogP contribution in [-0.4, -0.2) is 35.8 Å². The molecular formula is C21H25N3O4S. The van der Waals surface area contributed by atoms with Crippen molar-refractivity contribution < 1.29 is 19.1 Å². The minimum Gasteiger partial charge on any atom is -0.452 e. The molecule has 0 aromatic carbocycles. The van der Waals surface area contributed by atoms with Gasteiger partial charge in [-0.05, 0) is 52.2 Å². The Bertz CT molecular complexity index is 977. The topological polar surface area (TPSA) is 93.4 Å². The van der Waals surface area contributed by atoms with E-state index in [1.165, 1.54) is 11.3 Å². The monoisotopic (exact) mass is 415 g/mol. The van der Waals surface area contributed by atoms with E-state index in [4.69, 9.17) is 9.47 Å². The van der Waals surface area contributed by atoms with Crippen LogP contribution in [0.3, 0.4) is 0 Å². The summed E-state index contributed by atoms with van der Waals surface area (Å²) in [5, 5.41) is 12.3. The quantitative estimate of drug-likeness (QED) is 0.727. The third-order valence-electron chi connectivity index (χ3n) is 5.20. The molecule has 0 radical (unpaired) electrons. The molecule has 1 aliphatic heterocycles. The summed E-state index contributed by atoms with van der Waals surface area (Å²) in [6.45, 7) is 8.42. The molecule has 1 amide bonds. The van der Waals surface area contributed by atoms with E-state index in [1.807, 2.05) is 32.3 Å². The van der Waals surface area contributed by atoms with Gasteiger partial charge in [-0.15, -0.1) is 11.3 Å². The second kappa shape index (κ2) is 8.80. The van der Waals surface area contributed by atoms with Crippen molar-refractivity contribution >= 4 is 29.0 Å². The van der Waals surface area contributed by atoms with Crippen molar-refractivity contribution in [3.8, 4) is 6.07 Å². The third-order valence-corrected chi connectivity index (χ3v) is 6.17. The summed E-state index contributed by atoms with van der Waals surface area (Å²) in [4.78, 5) is 26.6.